The molecule has 1 aromatic carbocycles. The predicted octanol–water partition coefficient (Wildman–Crippen LogP) is 3.49. The minimum absolute atomic E-state index is 0.0908. The van der Waals surface area contributed by atoms with E-state index in [0.717, 1.165) is 43.9 Å². The zero-order chi connectivity index (χ0) is 19.7. The van der Waals surface area contributed by atoms with Gasteiger partial charge in [-0.25, -0.2) is 0 Å². The van der Waals surface area contributed by atoms with Crippen molar-refractivity contribution in [2.45, 2.75) is 32.2 Å². The van der Waals surface area contributed by atoms with Crippen LogP contribution in [0.25, 0.3) is 0 Å². The first-order valence-corrected chi connectivity index (χ1v) is 10.4. The minimum atomic E-state index is -0.465. The second-order valence-corrected chi connectivity index (χ2v) is 8.74. The van der Waals surface area contributed by atoms with Crippen LogP contribution in [0.5, 0.6) is 5.75 Å². The third kappa shape index (κ3) is 3.80. The van der Waals surface area contributed by atoms with E-state index in [1.807, 2.05) is 18.2 Å². The van der Waals surface area contributed by atoms with E-state index in [-0.39, 0.29) is 11.9 Å². The van der Waals surface area contributed by atoms with Crippen molar-refractivity contribution in [1.29, 1.82) is 0 Å². The number of cyclic esters (lactones) is 1. The number of fused-ring (bicyclic) bond motifs is 1. The molecular weight excluding hydrogens is 378 g/mol. The number of ether oxygens (including phenoxy) is 3. The summed E-state index contributed by atoms with van der Waals surface area (Å²) in [5.41, 5.74) is 1.72. The molecule has 0 spiro atoms. The molecule has 0 aromatic heterocycles. The van der Waals surface area contributed by atoms with E-state index in [4.69, 9.17) is 25.8 Å². The minimum Gasteiger partial charge on any atom is -0.490 e. The summed E-state index contributed by atoms with van der Waals surface area (Å²) in [7, 11) is 0. The molecular formula is C22H28ClNO4. The monoisotopic (exact) mass is 405 g/mol. The Morgan fingerprint density at radius 2 is 2.18 bits per heavy atom. The number of carbonyl (C=O) groups excluding carboxylic acids is 1. The van der Waals surface area contributed by atoms with Crippen molar-refractivity contribution in [3.63, 3.8) is 0 Å². The molecule has 1 saturated carbocycles. The lowest BCUT2D eigenvalue weighted by Crippen LogP contribution is -2.44. The van der Waals surface area contributed by atoms with Crippen LogP contribution in [0.4, 0.5) is 0 Å². The van der Waals surface area contributed by atoms with Crippen LogP contribution in [0, 0.1) is 11.3 Å². The van der Waals surface area contributed by atoms with Gasteiger partial charge in [-0.15, -0.1) is 0 Å². The number of carbonyl (C=O) groups is 1. The molecule has 152 valence electrons. The van der Waals surface area contributed by atoms with Gasteiger partial charge in [-0.2, -0.15) is 0 Å². The highest BCUT2D eigenvalue weighted by atomic mass is 35.5. The summed E-state index contributed by atoms with van der Waals surface area (Å²) in [6.45, 7) is 10.8. The first-order valence-electron chi connectivity index (χ1n) is 10.0. The van der Waals surface area contributed by atoms with Gasteiger partial charge in [0.1, 0.15) is 12.4 Å². The van der Waals surface area contributed by atoms with Gasteiger partial charge in [0.25, 0.3) is 0 Å². The van der Waals surface area contributed by atoms with Gasteiger partial charge < -0.3 is 14.2 Å². The van der Waals surface area contributed by atoms with Crippen LogP contribution < -0.4 is 4.74 Å². The van der Waals surface area contributed by atoms with E-state index in [0.29, 0.717) is 42.9 Å². The normalized spacial score (nSPS) is 28.9. The summed E-state index contributed by atoms with van der Waals surface area (Å²) in [4.78, 5) is 14.8. The smallest absolute Gasteiger partial charge is 0.313 e. The topological polar surface area (TPSA) is 48.0 Å². The van der Waals surface area contributed by atoms with Crippen molar-refractivity contribution >= 4 is 17.6 Å². The third-order valence-corrected chi connectivity index (χ3v) is 6.66. The van der Waals surface area contributed by atoms with Gasteiger partial charge in [-0.05, 0) is 43.9 Å². The molecule has 5 nitrogen and oxygen atoms in total. The number of allylic oxidation sites excluding steroid dienone is 1. The average molecular weight is 406 g/mol. The molecule has 3 aliphatic rings. The summed E-state index contributed by atoms with van der Waals surface area (Å²) in [5.74, 6) is 0.827. The van der Waals surface area contributed by atoms with Gasteiger partial charge in [0.15, 0.2) is 0 Å². The number of halogens is 1. The molecule has 2 heterocycles. The summed E-state index contributed by atoms with van der Waals surface area (Å²) >= 11 is 6.50. The van der Waals surface area contributed by atoms with Gasteiger partial charge in [0, 0.05) is 25.0 Å². The fourth-order valence-electron chi connectivity index (χ4n) is 4.73. The third-order valence-electron chi connectivity index (χ3n) is 6.37. The molecule has 3 unspecified atom stereocenters. The summed E-state index contributed by atoms with van der Waals surface area (Å²) < 4.78 is 16.7. The van der Waals surface area contributed by atoms with Gasteiger partial charge >= 0.3 is 5.97 Å². The molecule has 0 bridgehead atoms. The van der Waals surface area contributed by atoms with Crippen LogP contribution in [0.2, 0.25) is 5.02 Å². The largest absolute Gasteiger partial charge is 0.490 e. The highest BCUT2D eigenvalue weighted by molar-refractivity contribution is 6.32. The molecule has 1 aromatic rings. The average Bonchev–Trinajstić information content (AvgIpc) is 3.15. The fraction of sp³-hybridized carbons (Fsp3) is 0.591. The molecule has 2 saturated heterocycles. The van der Waals surface area contributed by atoms with E-state index >= 15 is 0 Å². The second kappa shape index (κ2) is 8.05. The number of hydrogen-bond acceptors (Lipinski definition) is 5. The summed E-state index contributed by atoms with van der Waals surface area (Å²) in [6, 6.07) is 6.16. The van der Waals surface area contributed by atoms with Crippen LogP contribution in [0.1, 0.15) is 25.3 Å². The number of nitrogens with zero attached hydrogens (tertiary/aromatic N) is 1. The second-order valence-electron chi connectivity index (χ2n) is 8.33. The first kappa shape index (κ1) is 19.7. The Kier molecular flexibility index (Phi) is 5.68. The number of rotatable bonds is 6. The van der Waals surface area contributed by atoms with Gasteiger partial charge in [0.2, 0.25) is 0 Å². The Morgan fingerprint density at radius 3 is 2.93 bits per heavy atom. The summed E-state index contributed by atoms with van der Waals surface area (Å²) in [6.07, 6.45) is 2.23. The van der Waals surface area contributed by atoms with Crippen molar-refractivity contribution in [2.75, 3.05) is 39.5 Å². The van der Waals surface area contributed by atoms with Gasteiger partial charge in [-0.3, -0.25) is 9.69 Å². The zero-order valence-electron chi connectivity index (χ0n) is 16.4. The molecule has 1 aliphatic carbocycles. The standard InChI is InChI=1S/C22H28ClNO4/c1-15-9-18-14-28-21(25)22(18,11-15)12-17-3-4-20(19(23)10-17)27-13-16(2)24-5-7-26-8-6-24/h3-4,10,16,18H,1,5-9,11-14H2,2H3. The van der Waals surface area contributed by atoms with Gasteiger partial charge in [0.05, 0.1) is 30.3 Å². The van der Waals surface area contributed by atoms with Crippen LogP contribution in [0.15, 0.2) is 30.4 Å². The maximum absolute atomic E-state index is 12.5. The maximum Gasteiger partial charge on any atom is 0.313 e. The van der Waals surface area contributed by atoms with E-state index in [9.17, 15) is 4.79 Å². The van der Waals surface area contributed by atoms with E-state index < -0.39 is 5.41 Å². The van der Waals surface area contributed by atoms with Crippen LogP contribution in [0.3, 0.4) is 0 Å². The Hall–Kier alpha value is -1.56. The summed E-state index contributed by atoms with van der Waals surface area (Å²) in [5, 5.41) is 0.586. The maximum atomic E-state index is 12.5. The van der Waals surface area contributed by atoms with Crippen molar-refractivity contribution in [3.05, 3.63) is 40.9 Å². The Bertz CT molecular complexity index is 761. The molecule has 0 amide bonds. The molecule has 0 N–H and O–H groups in total. The zero-order valence-corrected chi connectivity index (χ0v) is 17.2. The molecule has 2 aliphatic heterocycles. The van der Waals surface area contributed by atoms with Crippen LogP contribution >= 0.6 is 11.6 Å². The molecule has 6 heteroatoms. The Balaban J connectivity index is 1.40. The lowest BCUT2D eigenvalue weighted by Gasteiger charge is -2.32. The lowest BCUT2D eigenvalue weighted by molar-refractivity contribution is -0.146. The van der Waals surface area contributed by atoms with Crippen molar-refractivity contribution < 1.29 is 19.0 Å². The van der Waals surface area contributed by atoms with Crippen molar-refractivity contribution in [2.24, 2.45) is 11.3 Å². The van der Waals surface area contributed by atoms with Gasteiger partial charge in [-0.1, -0.05) is 29.8 Å². The number of morpholine rings is 1. The quantitative estimate of drug-likeness (QED) is 0.535. The Morgan fingerprint density at radius 1 is 1.39 bits per heavy atom. The van der Waals surface area contributed by atoms with E-state index in [1.165, 1.54) is 0 Å². The molecule has 4 rings (SSSR count). The molecule has 3 fully saturated rings. The van der Waals surface area contributed by atoms with Crippen molar-refractivity contribution in [3.8, 4) is 5.75 Å². The Labute approximate surface area is 171 Å². The lowest BCUT2D eigenvalue weighted by atomic mass is 9.75. The number of hydrogen-bond donors (Lipinski definition) is 0. The molecule has 28 heavy (non-hydrogen) atoms. The molecule has 3 atom stereocenters. The van der Waals surface area contributed by atoms with Crippen LogP contribution in [-0.4, -0.2) is 56.4 Å². The van der Waals surface area contributed by atoms with E-state index in [1.54, 1.807) is 0 Å². The van der Waals surface area contributed by atoms with Crippen LogP contribution in [-0.2, 0) is 20.7 Å². The molecule has 0 radical (unpaired) electrons. The highest BCUT2D eigenvalue weighted by Crippen LogP contribution is 2.52. The predicted molar refractivity (Wildman–Crippen MR) is 108 cm³/mol. The SMILES string of the molecule is C=C1CC2COC(=O)C2(Cc2ccc(OCC(C)N3CCOCC3)c(Cl)c2)C1. The van der Waals surface area contributed by atoms with E-state index in [2.05, 4.69) is 18.4 Å². The first-order chi connectivity index (χ1) is 13.5. The number of esters is 1. The van der Waals surface area contributed by atoms with Crippen molar-refractivity contribution in [1.82, 2.24) is 4.90 Å². The number of benzene rings is 1. The fourth-order valence-corrected chi connectivity index (χ4v) is 4.99. The highest BCUT2D eigenvalue weighted by Gasteiger charge is 2.55.